The summed E-state index contributed by atoms with van der Waals surface area (Å²) < 4.78 is 17.0. The van der Waals surface area contributed by atoms with E-state index >= 15 is 0 Å². The van der Waals surface area contributed by atoms with E-state index in [1.807, 2.05) is 5.32 Å². The summed E-state index contributed by atoms with van der Waals surface area (Å²) in [6.07, 6.45) is -2.55. The van der Waals surface area contributed by atoms with Crippen molar-refractivity contribution in [3.05, 3.63) is 29.8 Å². The molecule has 0 aliphatic carbocycles. The van der Waals surface area contributed by atoms with Crippen LogP contribution in [0.3, 0.4) is 0 Å². The van der Waals surface area contributed by atoms with Crippen LogP contribution in [0.5, 0.6) is 0 Å². The van der Waals surface area contributed by atoms with Crippen LogP contribution >= 0.6 is 11.8 Å². The normalized spacial score (nSPS) is 12.3. The number of hydrogen-bond acceptors (Lipinski definition) is 7. The quantitative estimate of drug-likeness (QED) is 0.153. The van der Waals surface area contributed by atoms with Crippen molar-refractivity contribution in [1.29, 1.82) is 0 Å². The summed E-state index contributed by atoms with van der Waals surface area (Å²) in [5, 5.41) is 31.7. The van der Waals surface area contributed by atoms with Crippen LogP contribution in [0.4, 0.5) is 9.18 Å². The molecule has 0 spiro atoms. The van der Waals surface area contributed by atoms with Crippen LogP contribution in [-0.4, -0.2) is 76.3 Å². The molecule has 2 atom stereocenters. The van der Waals surface area contributed by atoms with Gasteiger partial charge in [0.15, 0.2) is 0 Å². The lowest BCUT2D eigenvalue weighted by Crippen LogP contribution is -2.43. The van der Waals surface area contributed by atoms with Crippen molar-refractivity contribution >= 4 is 41.7 Å². The van der Waals surface area contributed by atoms with Crippen molar-refractivity contribution < 1.29 is 48.4 Å². The first-order chi connectivity index (χ1) is 16.6. The number of carbonyl (C=O) groups is 5. The van der Waals surface area contributed by atoms with Gasteiger partial charge in [-0.15, -0.1) is 11.8 Å². The van der Waals surface area contributed by atoms with Gasteiger partial charge in [0.05, 0.1) is 6.67 Å². The largest absolute Gasteiger partial charge is 0.481 e. The SMILES string of the molecule is O=C(O)CCC[C@H](NC(=O)O[C@@H](CCCCNC(=O)c1ccc(SCCF)cc1)C(=O)O)C(=O)O. The van der Waals surface area contributed by atoms with Crippen LogP contribution in [0.25, 0.3) is 0 Å². The van der Waals surface area contributed by atoms with E-state index in [2.05, 4.69) is 5.32 Å². The van der Waals surface area contributed by atoms with E-state index in [0.717, 1.165) is 4.90 Å². The number of carbonyl (C=O) groups excluding carboxylic acids is 2. The number of rotatable bonds is 17. The van der Waals surface area contributed by atoms with E-state index in [4.69, 9.17) is 14.9 Å². The fourth-order valence-corrected chi connectivity index (χ4v) is 3.51. The zero-order chi connectivity index (χ0) is 26.2. The molecule has 11 nitrogen and oxygen atoms in total. The fraction of sp³-hybridized carbons (Fsp3) is 0.500. The van der Waals surface area contributed by atoms with Gasteiger partial charge in [-0.05, 0) is 56.4 Å². The topological polar surface area (TPSA) is 179 Å². The van der Waals surface area contributed by atoms with Gasteiger partial charge in [-0.3, -0.25) is 14.0 Å². The number of hydrogen-bond donors (Lipinski definition) is 5. The maximum Gasteiger partial charge on any atom is 0.408 e. The first-order valence-electron chi connectivity index (χ1n) is 10.9. The van der Waals surface area contributed by atoms with Crippen LogP contribution in [0.15, 0.2) is 29.2 Å². The Morgan fingerprint density at radius 2 is 1.63 bits per heavy atom. The Morgan fingerprint density at radius 1 is 0.943 bits per heavy atom. The first-order valence-corrected chi connectivity index (χ1v) is 11.8. The molecule has 0 radical (unpaired) electrons. The maximum atomic E-state index is 12.2. The van der Waals surface area contributed by atoms with Crippen LogP contribution in [0.2, 0.25) is 0 Å². The van der Waals surface area contributed by atoms with Gasteiger partial charge in [-0.25, -0.2) is 14.4 Å². The minimum atomic E-state index is -1.52. The summed E-state index contributed by atoms with van der Waals surface area (Å²) in [6, 6.07) is 5.26. The third kappa shape index (κ3) is 12.6. The summed E-state index contributed by atoms with van der Waals surface area (Å²) in [4.78, 5) is 58.1. The molecule has 0 saturated carbocycles. The molecule has 13 heteroatoms. The molecule has 0 aliphatic rings. The predicted molar refractivity (Wildman–Crippen MR) is 123 cm³/mol. The second-order valence-corrected chi connectivity index (χ2v) is 8.54. The number of amides is 2. The Bertz CT molecular complexity index is 867. The molecule has 0 fully saturated rings. The van der Waals surface area contributed by atoms with Gasteiger partial charge in [0.2, 0.25) is 6.10 Å². The molecule has 0 aromatic heterocycles. The first kappa shape index (κ1) is 29.7. The molecule has 0 bridgehead atoms. The lowest BCUT2D eigenvalue weighted by molar-refractivity contribution is -0.147. The summed E-state index contributed by atoms with van der Waals surface area (Å²) in [6.45, 7) is -0.191. The number of carboxylic acids is 3. The van der Waals surface area contributed by atoms with E-state index in [1.54, 1.807) is 24.3 Å². The van der Waals surface area contributed by atoms with Crippen LogP contribution in [0, 0.1) is 0 Å². The zero-order valence-corrected chi connectivity index (χ0v) is 19.7. The van der Waals surface area contributed by atoms with Gasteiger partial charge in [-0.1, -0.05) is 0 Å². The van der Waals surface area contributed by atoms with E-state index < -0.39 is 42.8 Å². The number of carboxylic acid groups (broad SMARTS) is 3. The predicted octanol–water partition coefficient (Wildman–Crippen LogP) is 2.54. The molecular formula is C22H29FN2O9S. The number of ether oxygens (including phenoxy) is 1. The number of alkyl halides is 1. The maximum absolute atomic E-state index is 12.2. The second-order valence-electron chi connectivity index (χ2n) is 7.37. The molecule has 0 saturated heterocycles. The molecule has 2 amide bonds. The molecule has 0 unspecified atom stereocenters. The molecule has 194 valence electrons. The number of benzene rings is 1. The van der Waals surface area contributed by atoms with Gasteiger partial charge in [0, 0.05) is 29.2 Å². The highest BCUT2D eigenvalue weighted by atomic mass is 32.2. The van der Waals surface area contributed by atoms with E-state index in [0.29, 0.717) is 24.2 Å². The van der Waals surface area contributed by atoms with E-state index in [-0.39, 0.29) is 38.1 Å². The summed E-state index contributed by atoms with van der Waals surface area (Å²) >= 11 is 1.34. The third-order valence-electron chi connectivity index (χ3n) is 4.64. The Labute approximate surface area is 205 Å². The fourth-order valence-electron chi connectivity index (χ4n) is 2.87. The highest BCUT2D eigenvalue weighted by Crippen LogP contribution is 2.18. The molecule has 1 aromatic rings. The number of halogens is 1. The third-order valence-corrected chi connectivity index (χ3v) is 5.60. The van der Waals surface area contributed by atoms with Crippen molar-refractivity contribution in [2.45, 2.75) is 55.6 Å². The Hall–Kier alpha value is -3.35. The van der Waals surface area contributed by atoms with Crippen molar-refractivity contribution in [2.24, 2.45) is 0 Å². The van der Waals surface area contributed by atoms with Gasteiger partial charge < -0.3 is 30.7 Å². The Balaban J connectivity index is 2.40. The molecule has 1 rings (SSSR count). The zero-order valence-electron chi connectivity index (χ0n) is 18.9. The van der Waals surface area contributed by atoms with Gasteiger partial charge in [0.1, 0.15) is 6.04 Å². The van der Waals surface area contributed by atoms with Crippen molar-refractivity contribution in [1.82, 2.24) is 10.6 Å². The number of alkyl carbamates (subject to hydrolysis) is 1. The average molecular weight is 517 g/mol. The molecule has 5 N–H and O–H groups in total. The minimum Gasteiger partial charge on any atom is -0.481 e. The van der Waals surface area contributed by atoms with Gasteiger partial charge in [0.25, 0.3) is 5.91 Å². The highest BCUT2D eigenvalue weighted by molar-refractivity contribution is 7.99. The molecule has 0 heterocycles. The Kier molecular flexibility index (Phi) is 13.8. The molecule has 0 aliphatic heterocycles. The lowest BCUT2D eigenvalue weighted by atomic mass is 10.1. The smallest absolute Gasteiger partial charge is 0.408 e. The van der Waals surface area contributed by atoms with Crippen molar-refractivity contribution in [3.63, 3.8) is 0 Å². The van der Waals surface area contributed by atoms with Gasteiger partial charge >= 0.3 is 24.0 Å². The summed E-state index contributed by atoms with van der Waals surface area (Å²) in [5.74, 6) is -3.90. The minimum absolute atomic E-state index is 0.00289. The van der Waals surface area contributed by atoms with E-state index in [1.165, 1.54) is 11.8 Å². The van der Waals surface area contributed by atoms with Crippen molar-refractivity contribution in [2.75, 3.05) is 19.0 Å². The lowest BCUT2D eigenvalue weighted by Gasteiger charge is -2.17. The number of unbranched alkanes of at least 4 members (excludes halogenated alkanes) is 1. The Morgan fingerprint density at radius 3 is 2.20 bits per heavy atom. The average Bonchev–Trinajstić information content (AvgIpc) is 2.80. The molecule has 1 aromatic carbocycles. The van der Waals surface area contributed by atoms with Crippen LogP contribution in [0.1, 0.15) is 48.9 Å². The number of thioether (sulfide) groups is 1. The van der Waals surface area contributed by atoms with Crippen LogP contribution in [-0.2, 0) is 19.1 Å². The number of nitrogens with one attached hydrogen (secondary N) is 2. The summed E-state index contributed by atoms with van der Waals surface area (Å²) in [7, 11) is 0. The number of aliphatic carboxylic acids is 3. The highest BCUT2D eigenvalue weighted by Gasteiger charge is 2.26. The van der Waals surface area contributed by atoms with Gasteiger partial charge in [-0.2, -0.15) is 0 Å². The molecular weight excluding hydrogens is 487 g/mol. The second kappa shape index (κ2) is 16.3. The van der Waals surface area contributed by atoms with Crippen molar-refractivity contribution in [3.8, 4) is 0 Å². The standard InChI is InChI=1S/C22H29FN2O9S/c23-11-13-35-15-9-7-14(8-10-15)19(28)24-12-2-1-5-17(21(31)32)34-22(33)25-16(20(29)30)4-3-6-18(26)27/h7-10,16-17H,1-6,11-13H2,(H,24,28)(H,25,33)(H,26,27)(H,29,30)(H,31,32)/t16-,17-/m0/s1. The summed E-state index contributed by atoms with van der Waals surface area (Å²) in [5.41, 5.74) is 0.425. The monoisotopic (exact) mass is 516 g/mol. The van der Waals surface area contributed by atoms with Crippen LogP contribution < -0.4 is 10.6 Å². The molecule has 35 heavy (non-hydrogen) atoms. The van der Waals surface area contributed by atoms with E-state index in [9.17, 15) is 33.5 Å².